The molecule has 5 heteroatoms. The van der Waals surface area contributed by atoms with Crippen molar-refractivity contribution in [2.75, 3.05) is 0 Å². The first kappa shape index (κ1) is 17.9. The van der Waals surface area contributed by atoms with Crippen LogP contribution in [0, 0.1) is 0 Å². The van der Waals surface area contributed by atoms with E-state index in [0.717, 1.165) is 21.0 Å². The third-order valence-corrected chi connectivity index (χ3v) is 6.12. The minimum atomic E-state index is -2.12. The van der Waals surface area contributed by atoms with Gasteiger partial charge in [-0.05, 0) is 0 Å². The molecule has 0 atom stereocenters. The van der Waals surface area contributed by atoms with Crippen LogP contribution in [-0.4, -0.2) is 28.6 Å². The van der Waals surface area contributed by atoms with Crippen LogP contribution >= 0.6 is 0 Å². The summed E-state index contributed by atoms with van der Waals surface area (Å²) in [6, 6.07) is 20.4. The summed E-state index contributed by atoms with van der Waals surface area (Å²) in [6.07, 6.45) is 0. The molecule has 0 unspecified atom stereocenters. The van der Waals surface area contributed by atoms with Crippen LogP contribution in [0.15, 0.2) is 60.7 Å². The quantitative estimate of drug-likeness (QED) is 0.589. The van der Waals surface area contributed by atoms with Crippen molar-refractivity contribution in [3.05, 3.63) is 60.7 Å². The standard InChI is InChI=1S/C14H16O2Si2.C2H6Si/c1-18(2,15-17)16(13-9-5-3-6-10-13)14-11-7-4-8-12-14;1-3-2/h3-12H,1-2H3;1-2H3/q+1;-1. The van der Waals surface area contributed by atoms with Gasteiger partial charge in [-0.3, -0.25) is 0 Å². The van der Waals surface area contributed by atoms with E-state index in [9.17, 15) is 0 Å². The lowest BCUT2D eigenvalue weighted by molar-refractivity contribution is 0.237. The molecule has 0 aromatic heterocycles. The van der Waals surface area contributed by atoms with Gasteiger partial charge in [-0.25, -0.2) is 13.1 Å². The molecule has 0 aliphatic carbocycles. The maximum absolute atomic E-state index is 5.54. The highest BCUT2D eigenvalue weighted by Gasteiger charge is 2.43. The van der Waals surface area contributed by atoms with Gasteiger partial charge in [0.25, 0.3) is 0 Å². The fraction of sp³-hybridized carbons (Fsp3) is 0.250. The van der Waals surface area contributed by atoms with E-state index in [-0.39, 0.29) is 0 Å². The fourth-order valence-corrected chi connectivity index (χ4v) is 3.60. The molecule has 0 aliphatic heterocycles. The van der Waals surface area contributed by atoms with Crippen molar-refractivity contribution in [3.8, 4) is 11.5 Å². The number of para-hydroxylation sites is 2. The highest BCUT2D eigenvalue weighted by molar-refractivity contribution is 6.69. The monoisotopic (exact) mass is 330 g/mol. The zero-order valence-electron chi connectivity index (χ0n) is 13.1. The molecule has 110 valence electrons. The van der Waals surface area contributed by atoms with Gasteiger partial charge in [-0.1, -0.05) is 36.4 Å². The van der Waals surface area contributed by atoms with Gasteiger partial charge >= 0.3 is 8.56 Å². The number of rotatable bonds is 4. The van der Waals surface area contributed by atoms with Crippen LogP contribution in [0.4, 0.5) is 0 Å². The van der Waals surface area contributed by atoms with Crippen molar-refractivity contribution in [1.29, 1.82) is 0 Å². The Morgan fingerprint density at radius 3 is 1.48 bits per heavy atom. The average molecular weight is 331 g/mol. The first-order valence-corrected chi connectivity index (χ1v) is 12.1. The molecule has 0 aliphatic rings. The Bertz CT molecular complexity index is 464. The molecule has 0 heterocycles. The molecule has 0 fully saturated rings. The molecule has 0 saturated heterocycles. The van der Waals surface area contributed by atoms with Crippen LogP contribution in [-0.2, 0) is 4.12 Å². The Morgan fingerprint density at radius 1 is 0.857 bits per heavy atom. The molecule has 2 nitrogen and oxygen atoms in total. The molecular formula is C16H22O2Si3. The van der Waals surface area contributed by atoms with E-state index in [0.29, 0.717) is 0 Å². The Balaban J connectivity index is 0.000000677. The van der Waals surface area contributed by atoms with Gasteiger partial charge < -0.3 is 17.7 Å². The summed E-state index contributed by atoms with van der Waals surface area (Å²) in [4.78, 5) is 0. The number of benzene rings is 2. The topological polar surface area (TPSA) is 11.9 Å². The van der Waals surface area contributed by atoms with Gasteiger partial charge in [0.2, 0.25) is 22.0 Å². The molecule has 2 aromatic carbocycles. The van der Waals surface area contributed by atoms with Crippen molar-refractivity contribution in [3.63, 3.8) is 0 Å². The average Bonchev–Trinajstić information content (AvgIpc) is 2.50. The SMILES string of the molecule is C[Si-]C.C[Si](C)(O[Si])[O+](c1ccccc1)c1ccccc1. The lowest BCUT2D eigenvalue weighted by Gasteiger charge is -2.35. The van der Waals surface area contributed by atoms with E-state index in [1.807, 2.05) is 36.4 Å². The van der Waals surface area contributed by atoms with Crippen LogP contribution in [0.2, 0.25) is 26.2 Å². The third kappa shape index (κ3) is 5.28. The summed E-state index contributed by atoms with van der Waals surface area (Å²) < 4.78 is 8.79. The minimum Gasteiger partial charge on any atom is -0.622 e. The van der Waals surface area contributed by atoms with Gasteiger partial charge in [0.1, 0.15) is 0 Å². The lowest BCUT2D eigenvalue weighted by Crippen LogP contribution is -2.46. The normalized spacial score (nSPS) is 10.5. The van der Waals surface area contributed by atoms with Crippen molar-refractivity contribution < 1.29 is 8.17 Å². The number of hydrogen-bond donors (Lipinski definition) is 0. The molecule has 0 saturated carbocycles. The van der Waals surface area contributed by atoms with E-state index >= 15 is 0 Å². The molecule has 2 aromatic rings. The summed E-state index contributed by atoms with van der Waals surface area (Å²) >= 11 is 0. The van der Waals surface area contributed by atoms with Crippen molar-refractivity contribution >= 4 is 28.6 Å². The molecule has 2 rings (SSSR count). The summed E-state index contributed by atoms with van der Waals surface area (Å²) in [5.41, 5.74) is 0. The summed E-state index contributed by atoms with van der Waals surface area (Å²) in [5.74, 6) is 2.14. The van der Waals surface area contributed by atoms with E-state index in [1.54, 1.807) is 0 Å². The van der Waals surface area contributed by atoms with Crippen LogP contribution in [0.5, 0.6) is 11.5 Å². The maximum Gasteiger partial charge on any atom is 0.584 e. The smallest absolute Gasteiger partial charge is 0.584 e. The molecule has 0 N–H and O–H groups in total. The number of hydrogen-bond acceptors (Lipinski definition) is 1. The molecular weight excluding hydrogens is 308 g/mol. The second-order valence-corrected chi connectivity index (χ2v) is 9.96. The van der Waals surface area contributed by atoms with Crippen LogP contribution in [0.25, 0.3) is 0 Å². The first-order chi connectivity index (χ1) is 10.1. The van der Waals surface area contributed by atoms with Gasteiger partial charge in [-0.15, -0.1) is 0 Å². The largest absolute Gasteiger partial charge is 0.622 e. The van der Waals surface area contributed by atoms with Crippen molar-refractivity contribution in [2.45, 2.75) is 26.2 Å². The Morgan fingerprint density at radius 2 is 1.19 bits per heavy atom. The van der Waals surface area contributed by atoms with Crippen LogP contribution in [0.1, 0.15) is 0 Å². The zero-order valence-corrected chi connectivity index (χ0v) is 16.1. The molecule has 0 bridgehead atoms. The van der Waals surface area contributed by atoms with E-state index in [1.165, 1.54) is 0 Å². The highest BCUT2D eigenvalue weighted by Crippen LogP contribution is 2.34. The minimum absolute atomic E-state index is 1.07. The Labute approximate surface area is 135 Å². The second kappa shape index (κ2) is 8.99. The zero-order chi connectivity index (χ0) is 15.7. The van der Waals surface area contributed by atoms with Gasteiger partial charge in [0.15, 0.2) is 0 Å². The van der Waals surface area contributed by atoms with Crippen molar-refractivity contribution in [1.82, 2.24) is 0 Å². The summed E-state index contributed by atoms with van der Waals surface area (Å²) in [6.45, 7) is 8.54. The van der Waals surface area contributed by atoms with Crippen LogP contribution in [0.3, 0.4) is 0 Å². The van der Waals surface area contributed by atoms with Gasteiger partial charge in [0.05, 0.1) is 0 Å². The van der Waals surface area contributed by atoms with Crippen molar-refractivity contribution in [2.24, 2.45) is 0 Å². The summed E-state index contributed by atoms with van der Waals surface area (Å²) in [5, 5.41) is 0. The Kier molecular flexibility index (Phi) is 7.66. The van der Waals surface area contributed by atoms with E-state index in [2.05, 4.69) is 65.0 Å². The third-order valence-electron chi connectivity index (χ3n) is 2.70. The van der Waals surface area contributed by atoms with Gasteiger partial charge in [-0.2, -0.15) is 0 Å². The van der Waals surface area contributed by atoms with Gasteiger partial charge in [0, 0.05) is 37.4 Å². The predicted octanol–water partition coefficient (Wildman–Crippen LogP) is 4.60. The van der Waals surface area contributed by atoms with E-state index < -0.39 is 8.56 Å². The highest BCUT2D eigenvalue weighted by atomic mass is 28.4. The molecule has 0 spiro atoms. The maximum atomic E-state index is 5.54. The second-order valence-electron chi connectivity index (χ2n) is 4.93. The fourth-order valence-electron chi connectivity index (χ4n) is 1.86. The predicted molar refractivity (Wildman–Crippen MR) is 94.8 cm³/mol. The van der Waals surface area contributed by atoms with Crippen LogP contribution < -0.4 is 4.06 Å². The Hall–Kier alpha value is -1.15. The molecule has 21 heavy (non-hydrogen) atoms. The molecule has 0 amide bonds. The first-order valence-electron chi connectivity index (χ1n) is 6.84. The van der Waals surface area contributed by atoms with E-state index in [4.69, 9.17) is 4.12 Å². The molecule has 4 radical (unpaired) electrons. The lowest BCUT2D eigenvalue weighted by atomic mass is 10.3. The summed E-state index contributed by atoms with van der Waals surface area (Å²) in [7, 11) is 2.18.